The van der Waals surface area contributed by atoms with E-state index >= 15 is 0 Å². The summed E-state index contributed by atoms with van der Waals surface area (Å²) in [5.41, 5.74) is 0.799. The number of amides is 1. The first kappa shape index (κ1) is 13.7. The van der Waals surface area contributed by atoms with Gasteiger partial charge in [0.15, 0.2) is 0 Å². The van der Waals surface area contributed by atoms with Gasteiger partial charge in [0.2, 0.25) is 0 Å². The van der Waals surface area contributed by atoms with Gasteiger partial charge in [-0.05, 0) is 24.3 Å². The van der Waals surface area contributed by atoms with Crippen molar-refractivity contribution in [1.82, 2.24) is 4.98 Å². The maximum atomic E-state index is 12.2. The first-order valence-electron chi connectivity index (χ1n) is 6.55. The molecule has 6 nitrogen and oxygen atoms in total. The summed E-state index contributed by atoms with van der Waals surface area (Å²) < 4.78 is 0. The van der Waals surface area contributed by atoms with Gasteiger partial charge in [-0.3, -0.25) is 19.9 Å². The van der Waals surface area contributed by atoms with Gasteiger partial charge < -0.3 is 5.32 Å². The van der Waals surface area contributed by atoms with Gasteiger partial charge in [0, 0.05) is 23.3 Å². The van der Waals surface area contributed by atoms with E-state index in [-0.39, 0.29) is 17.3 Å². The molecule has 108 valence electrons. The topological polar surface area (TPSA) is 85.1 Å². The number of hydrogen-bond donors (Lipinski definition) is 1. The summed E-state index contributed by atoms with van der Waals surface area (Å²) in [6.45, 7) is 0. The van der Waals surface area contributed by atoms with Crippen LogP contribution in [0.3, 0.4) is 0 Å². The number of carbonyl (C=O) groups is 1. The van der Waals surface area contributed by atoms with E-state index in [2.05, 4.69) is 10.3 Å². The number of carbonyl (C=O) groups excluding carboxylic acids is 1. The van der Waals surface area contributed by atoms with Crippen LogP contribution in [0.1, 0.15) is 10.5 Å². The van der Waals surface area contributed by atoms with Crippen LogP contribution in [0, 0.1) is 10.1 Å². The minimum absolute atomic E-state index is 0.00596. The molecule has 1 amide bonds. The molecule has 0 saturated carbocycles. The maximum Gasteiger partial charge on any atom is 0.277 e. The highest BCUT2D eigenvalue weighted by molar-refractivity contribution is 6.09. The lowest BCUT2D eigenvalue weighted by Gasteiger charge is -2.08. The Labute approximate surface area is 125 Å². The molecule has 0 aliphatic carbocycles. The number of nitro groups is 1. The van der Waals surface area contributed by atoms with E-state index in [9.17, 15) is 14.9 Å². The van der Waals surface area contributed by atoms with E-state index in [1.165, 1.54) is 18.3 Å². The zero-order valence-corrected chi connectivity index (χ0v) is 11.4. The lowest BCUT2D eigenvalue weighted by atomic mass is 10.1. The highest BCUT2D eigenvalue weighted by atomic mass is 16.6. The number of non-ortho nitro benzene ring substituents is 1. The molecule has 6 heteroatoms. The number of aromatic nitrogens is 1. The SMILES string of the molecule is O=C(Nc1ccc([N+](=O)[O-])c2ccccc12)c1ccccn1. The number of pyridine rings is 1. The predicted octanol–water partition coefficient (Wildman–Crippen LogP) is 3.40. The summed E-state index contributed by atoms with van der Waals surface area (Å²) >= 11 is 0. The Balaban J connectivity index is 2.04. The fourth-order valence-corrected chi connectivity index (χ4v) is 2.23. The van der Waals surface area contributed by atoms with Gasteiger partial charge in [-0.2, -0.15) is 0 Å². The molecule has 0 bridgehead atoms. The standard InChI is InChI=1S/C16H11N3O3/c20-16(14-7-3-4-10-17-14)18-13-8-9-15(19(21)22)12-6-2-1-5-11(12)13/h1-10H,(H,18,20). The number of nitrogens with zero attached hydrogens (tertiary/aromatic N) is 2. The van der Waals surface area contributed by atoms with Crippen molar-refractivity contribution in [2.45, 2.75) is 0 Å². The normalized spacial score (nSPS) is 10.4. The van der Waals surface area contributed by atoms with E-state index in [1.54, 1.807) is 42.5 Å². The molecule has 0 unspecified atom stereocenters. The smallest absolute Gasteiger partial charge is 0.277 e. The summed E-state index contributed by atoms with van der Waals surface area (Å²) in [5.74, 6) is -0.361. The average molecular weight is 293 g/mol. The van der Waals surface area contributed by atoms with Crippen LogP contribution in [0.25, 0.3) is 10.8 Å². The Bertz CT molecular complexity index is 863. The van der Waals surface area contributed by atoms with E-state index in [4.69, 9.17) is 0 Å². The van der Waals surface area contributed by atoms with E-state index in [0.29, 0.717) is 16.5 Å². The van der Waals surface area contributed by atoms with Crippen molar-refractivity contribution in [3.63, 3.8) is 0 Å². The Kier molecular flexibility index (Phi) is 3.49. The number of rotatable bonds is 3. The quantitative estimate of drug-likeness (QED) is 0.592. The molecule has 0 fully saturated rings. The number of hydrogen-bond acceptors (Lipinski definition) is 4. The lowest BCUT2D eigenvalue weighted by Crippen LogP contribution is -2.13. The monoisotopic (exact) mass is 293 g/mol. The number of benzene rings is 2. The van der Waals surface area contributed by atoms with Crippen molar-refractivity contribution in [3.05, 3.63) is 76.6 Å². The van der Waals surface area contributed by atoms with Crippen molar-refractivity contribution in [3.8, 4) is 0 Å². The van der Waals surface area contributed by atoms with Gasteiger partial charge in [-0.25, -0.2) is 0 Å². The summed E-state index contributed by atoms with van der Waals surface area (Å²) in [4.78, 5) is 26.8. The van der Waals surface area contributed by atoms with Crippen LogP contribution in [0.4, 0.5) is 11.4 Å². The van der Waals surface area contributed by atoms with Crippen molar-refractivity contribution < 1.29 is 9.72 Å². The molecule has 0 aliphatic rings. The number of nitro benzene ring substituents is 1. The molecule has 2 aromatic carbocycles. The van der Waals surface area contributed by atoms with E-state index < -0.39 is 4.92 Å². The Morgan fingerprint density at radius 3 is 2.41 bits per heavy atom. The van der Waals surface area contributed by atoms with Crippen LogP contribution >= 0.6 is 0 Å². The van der Waals surface area contributed by atoms with E-state index in [1.807, 2.05) is 0 Å². The molecule has 0 aliphatic heterocycles. The van der Waals surface area contributed by atoms with Crippen molar-refractivity contribution in [2.75, 3.05) is 5.32 Å². The largest absolute Gasteiger partial charge is 0.320 e. The summed E-state index contributed by atoms with van der Waals surface area (Å²) in [7, 11) is 0. The van der Waals surface area contributed by atoms with Crippen LogP contribution < -0.4 is 5.32 Å². The molecule has 0 atom stereocenters. The second kappa shape index (κ2) is 5.61. The van der Waals surface area contributed by atoms with Crippen LogP contribution in [0.15, 0.2) is 60.8 Å². The molecule has 0 spiro atoms. The van der Waals surface area contributed by atoms with Crippen molar-refractivity contribution >= 4 is 28.1 Å². The molecule has 0 radical (unpaired) electrons. The van der Waals surface area contributed by atoms with Gasteiger partial charge in [-0.15, -0.1) is 0 Å². The third-order valence-electron chi connectivity index (χ3n) is 3.24. The maximum absolute atomic E-state index is 12.2. The summed E-state index contributed by atoms with van der Waals surface area (Å²) in [6.07, 6.45) is 1.53. The summed E-state index contributed by atoms with van der Waals surface area (Å²) in [6, 6.07) is 14.8. The highest BCUT2D eigenvalue weighted by Gasteiger charge is 2.15. The summed E-state index contributed by atoms with van der Waals surface area (Å²) in [5, 5.41) is 14.9. The number of fused-ring (bicyclic) bond motifs is 1. The molecule has 1 aromatic heterocycles. The van der Waals surface area contributed by atoms with Gasteiger partial charge >= 0.3 is 0 Å². The van der Waals surface area contributed by atoms with Gasteiger partial charge in [0.25, 0.3) is 11.6 Å². The second-order valence-electron chi connectivity index (χ2n) is 4.60. The van der Waals surface area contributed by atoms with Crippen molar-refractivity contribution in [1.29, 1.82) is 0 Å². The molecular formula is C16H11N3O3. The fourth-order valence-electron chi connectivity index (χ4n) is 2.23. The highest BCUT2D eigenvalue weighted by Crippen LogP contribution is 2.31. The van der Waals surface area contributed by atoms with Crippen LogP contribution in [-0.4, -0.2) is 15.8 Å². The van der Waals surface area contributed by atoms with Crippen LogP contribution in [0.2, 0.25) is 0 Å². The van der Waals surface area contributed by atoms with Gasteiger partial charge in [0.1, 0.15) is 5.69 Å². The molecule has 1 N–H and O–H groups in total. The second-order valence-corrected chi connectivity index (χ2v) is 4.60. The third kappa shape index (κ3) is 2.49. The van der Waals surface area contributed by atoms with E-state index in [0.717, 1.165) is 0 Å². The number of nitrogens with one attached hydrogen (secondary N) is 1. The molecule has 3 aromatic rings. The zero-order chi connectivity index (χ0) is 15.5. The number of anilines is 1. The minimum Gasteiger partial charge on any atom is -0.320 e. The average Bonchev–Trinajstić information content (AvgIpc) is 2.55. The van der Waals surface area contributed by atoms with Crippen molar-refractivity contribution in [2.24, 2.45) is 0 Å². The molecule has 22 heavy (non-hydrogen) atoms. The molecular weight excluding hydrogens is 282 g/mol. The first-order valence-corrected chi connectivity index (χ1v) is 6.55. The predicted molar refractivity (Wildman–Crippen MR) is 82.8 cm³/mol. The minimum atomic E-state index is -0.438. The van der Waals surface area contributed by atoms with Crippen LogP contribution in [-0.2, 0) is 0 Å². The molecule has 3 rings (SSSR count). The Morgan fingerprint density at radius 2 is 1.73 bits per heavy atom. The molecule has 1 heterocycles. The first-order chi connectivity index (χ1) is 10.7. The van der Waals surface area contributed by atoms with Gasteiger partial charge in [-0.1, -0.05) is 24.3 Å². The third-order valence-corrected chi connectivity index (χ3v) is 3.24. The Morgan fingerprint density at radius 1 is 1.00 bits per heavy atom. The zero-order valence-electron chi connectivity index (χ0n) is 11.4. The van der Waals surface area contributed by atoms with Crippen LogP contribution in [0.5, 0.6) is 0 Å². The fraction of sp³-hybridized carbons (Fsp3) is 0. The molecule has 0 saturated heterocycles. The Hall–Kier alpha value is -3.28. The van der Waals surface area contributed by atoms with Gasteiger partial charge in [0.05, 0.1) is 10.3 Å². The lowest BCUT2D eigenvalue weighted by molar-refractivity contribution is -0.383.